The Labute approximate surface area is 174 Å². The molecule has 2 aromatic rings. The molecule has 0 aromatic heterocycles. The molecule has 1 aliphatic heterocycles. The lowest BCUT2D eigenvalue weighted by atomic mass is 10.2. The van der Waals surface area contributed by atoms with Crippen LogP contribution in [0.3, 0.4) is 0 Å². The van der Waals surface area contributed by atoms with E-state index >= 15 is 0 Å². The van der Waals surface area contributed by atoms with Crippen molar-refractivity contribution in [1.82, 2.24) is 4.90 Å². The third-order valence-corrected chi connectivity index (χ3v) is 4.36. The standard InChI is InChI=1S/C20H16ClF4N3O2/c1-28-8-6-13(7-9-28)30-14-3-5-18(17(22)11-14)27-19(29)26-12-2-4-16(21)15(10-12)20(23,24)25/h2-8,10-11H,9H2,1H3,(H2,26,27,29). The Bertz CT molecular complexity index is 1020. The number of carbonyl (C=O) groups excluding carboxylic acids is 1. The van der Waals surface area contributed by atoms with Gasteiger partial charge in [-0.15, -0.1) is 0 Å². The minimum atomic E-state index is -4.68. The number of halogens is 5. The smallest absolute Gasteiger partial charge is 0.417 e. The number of alkyl halides is 3. The quantitative estimate of drug-likeness (QED) is 0.584. The molecule has 2 aromatic carbocycles. The number of hydrogen-bond donors (Lipinski definition) is 2. The summed E-state index contributed by atoms with van der Waals surface area (Å²) in [5, 5.41) is 3.95. The second-order valence-electron chi connectivity index (χ2n) is 6.38. The van der Waals surface area contributed by atoms with E-state index in [-0.39, 0.29) is 17.1 Å². The molecule has 0 fully saturated rings. The first-order valence-electron chi connectivity index (χ1n) is 8.62. The predicted molar refractivity (Wildman–Crippen MR) is 106 cm³/mol. The molecule has 3 rings (SSSR count). The zero-order chi connectivity index (χ0) is 21.9. The molecule has 0 bridgehead atoms. The average Bonchev–Trinajstić information content (AvgIpc) is 2.66. The molecule has 0 saturated heterocycles. The molecule has 2 amide bonds. The fourth-order valence-corrected chi connectivity index (χ4v) is 2.77. The summed E-state index contributed by atoms with van der Waals surface area (Å²) in [7, 11) is 1.89. The highest BCUT2D eigenvalue weighted by Crippen LogP contribution is 2.36. The van der Waals surface area contributed by atoms with Gasteiger partial charge in [-0.05, 0) is 42.5 Å². The van der Waals surface area contributed by atoms with Gasteiger partial charge in [-0.25, -0.2) is 9.18 Å². The SMILES string of the molecule is CN1C=CC(Oc2ccc(NC(=O)Nc3ccc(Cl)c(C(F)(F)F)c3)c(F)c2)=CC1. The van der Waals surface area contributed by atoms with Crippen molar-refractivity contribution in [3.05, 3.63) is 76.9 Å². The van der Waals surface area contributed by atoms with E-state index in [9.17, 15) is 22.4 Å². The molecule has 1 aliphatic rings. The van der Waals surface area contributed by atoms with Gasteiger partial charge in [0.25, 0.3) is 0 Å². The highest BCUT2D eigenvalue weighted by Gasteiger charge is 2.33. The van der Waals surface area contributed by atoms with Crippen LogP contribution in [-0.2, 0) is 6.18 Å². The van der Waals surface area contributed by atoms with E-state index in [0.29, 0.717) is 18.4 Å². The summed E-state index contributed by atoms with van der Waals surface area (Å²) in [5.41, 5.74) is -1.41. The molecule has 0 radical (unpaired) electrons. The van der Waals surface area contributed by atoms with Crippen LogP contribution in [0.1, 0.15) is 5.56 Å². The van der Waals surface area contributed by atoms with Crippen LogP contribution in [0.15, 0.2) is 60.5 Å². The van der Waals surface area contributed by atoms with Crippen molar-refractivity contribution in [2.75, 3.05) is 24.2 Å². The van der Waals surface area contributed by atoms with Crippen LogP contribution in [-0.4, -0.2) is 24.5 Å². The van der Waals surface area contributed by atoms with E-state index in [2.05, 4.69) is 10.6 Å². The van der Waals surface area contributed by atoms with Crippen molar-refractivity contribution in [3.63, 3.8) is 0 Å². The second kappa shape index (κ2) is 8.66. The Hall–Kier alpha value is -3.20. The summed E-state index contributed by atoms with van der Waals surface area (Å²) in [6, 6.07) is 5.82. The van der Waals surface area contributed by atoms with Gasteiger partial charge in [-0.1, -0.05) is 11.6 Å². The van der Waals surface area contributed by atoms with Crippen molar-refractivity contribution < 1.29 is 27.1 Å². The number of benzene rings is 2. The number of nitrogens with one attached hydrogen (secondary N) is 2. The minimum absolute atomic E-state index is 0.148. The molecule has 1 heterocycles. The predicted octanol–water partition coefficient (Wildman–Crippen LogP) is 5.86. The lowest BCUT2D eigenvalue weighted by Gasteiger charge is -2.17. The molecular weight excluding hydrogens is 426 g/mol. The fraction of sp³-hybridized carbons (Fsp3) is 0.150. The lowest BCUT2D eigenvalue weighted by Crippen LogP contribution is -2.20. The maximum Gasteiger partial charge on any atom is 0.417 e. The molecule has 0 atom stereocenters. The third kappa shape index (κ3) is 5.44. The van der Waals surface area contributed by atoms with Crippen molar-refractivity contribution in [1.29, 1.82) is 0 Å². The highest BCUT2D eigenvalue weighted by atomic mass is 35.5. The van der Waals surface area contributed by atoms with Crippen LogP contribution in [0.4, 0.5) is 33.7 Å². The van der Waals surface area contributed by atoms with Crippen LogP contribution < -0.4 is 15.4 Å². The highest BCUT2D eigenvalue weighted by molar-refractivity contribution is 6.31. The summed E-state index contributed by atoms with van der Waals surface area (Å²) < 4.78 is 58.6. The van der Waals surface area contributed by atoms with Gasteiger partial charge in [0.05, 0.1) is 16.3 Å². The number of hydrogen-bond acceptors (Lipinski definition) is 3. The van der Waals surface area contributed by atoms with Crippen molar-refractivity contribution in [2.24, 2.45) is 0 Å². The van der Waals surface area contributed by atoms with Gasteiger partial charge >= 0.3 is 12.2 Å². The first kappa shape index (κ1) is 21.5. The van der Waals surface area contributed by atoms with Gasteiger partial charge in [0.15, 0.2) is 0 Å². The maximum atomic E-state index is 14.3. The summed E-state index contributed by atoms with van der Waals surface area (Å²) in [6.45, 7) is 0.648. The molecule has 158 valence electrons. The molecule has 10 heteroatoms. The van der Waals surface area contributed by atoms with Gasteiger partial charge < -0.3 is 20.3 Å². The van der Waals surface area contributed by atoms with Gasteiger partial charge in [0.1, 0.15) is 17.3 Å². The second-order valence-corrected chi connectivity index (χ2v) is 6.78. The Morgan fingerprint density at radius 1 is 1.17 bits per heavy atom. The van der Waals surface area contributed by atoms with Crippen LogP contribution in [0.2, 0.25) is 5.02 Å². The zero-order valence-electron chi connectivity index (χ0n) is 15.6. The molecular formula is C20H16ClF4N3O2. The fourth-order valence-electron chi connectivity index (χ4n) is 2.54. The number of nitrogens with zero attached hydrogens (tertiary/aromatic N) is 1. The number of amides is 2. The van der Waals surface area contributed by atoms with E-state index in [1.807, 2.05) is 24.2 Å². The summed E-state index contributed by atoms with van der Waals surface area (Å²) in [5.74, 6) is 0.00725. The number of anilines is 2. The van der Waals surface area contributed by atoms with Crippen molar-refractivity contribution in [3.8, 4) is 5.75 Å². The number of carbonyl (C=O) groups is 1. The number of likely N-dealkylation sites (N-methyl/N-ethyl adjacent to an activating group) is 1. The zero-order valence-corrected chi connectivity index (χ0v) is 16.3. The topological polar surface area (TPSA) is 53.6 Å². The number of allylic oxidation sites excluding steroid dienone is 1. The van der Waals surface area contributed by atoms with Gasteiger partial charge in [-0.2, -0.15) is 13.2 Å². The molecule has 30 heavy (non-hydrogen) atoms. The van der Waals surface area contributed by atoms with Crippen molar-refractivity contribution >= 4 is 29.0 Å². The number of rotatable bonds is 4. The van der Waals surface area contributed by atoms with Gasteiger partial charge in [0, 0.05) is 31.5 Å². The largest absolute Gasteiger partial charge is 0.457 e. The Morgan fingerprint density at radius 2 is 1.93 bits per heavy atom. The van der Waals surface area contributed by atoms with Crippen LogP contribution in [0.5, 0.6) is 5.75 Å². The Balaban J connectivity index is 1.65. The van der Waals surface area contributed by atoms with Crippen LogP contribution in [0.25, 0.3) is 0 Å². The van der Waals surface area contributed by atoms with E-state index < -0.39 is 28.6 Å². The van der Waals surface area contributed by atoms with Crippen molar-refractivity contribution in [2.45, 2.75) is 6.18 Å². The Kier molecular flexibility index (Phi) is 6.21. The van der Waals surface area contributed by atoms with E-state index in [1.165, 1.54) is 18.2 Å². The number of ether oxygens (including phenoxy) is 1. The third-order valence-electron chi connectivity index (χ3n) is 4.03. The van der Waals surface area contributed by atoms with E-state index in [4.69, 9.17) is 16.3 Å². The summed E-state index contributed by atoms with van der Waals surface area (Å²) in [6.07, 6.45) is 0.680. The normalized spacial score (nSPS) is 13.7. The van der Waals surface area contributed by atoms with E-state index in [1.54, 1.807) is 6.08 Å². The first-order chi connectivity index (χ1) is 14.1. The molecule has 2 N–H and O–H groups in total. The maximum absolute atomic E-state index is 14.3. The average molecular weight is 442 g/mol. The molecule has 0 unspecified atom stereocenters. The molecule has 0 spiro atoms. The first-order valence-corrected chi connectivity index (χ1v) is 9.00. The molecule has 0 aliphatic carbocycles. The molecule has 5 nitrogen and oxygen atoms in total. The summed E-state index contributed by atoms with van der Waals surface area (Å²) >= 11 is 5.54. The summed E-state index contributed by atoms with van der Waals surface area (Å²) in [4.78, 5) is 14.0. The Morgan fingerprint density at radius 3 is 2.57 bits per heavy atom. The number of urea groups is 1. The van der Waals surface area contributed by atoms with E-state index in [0.717, 1.165) is 12.1 Å². The molecule has 0 saturated carbocycles. The van der Waals surface area contributed by atoms with Gasteiger partial charge in [-0.3, -0.25) is 0 Å². The van der Waals surface area contributed by atoms with Crippen LogP contribution in [0, 0.1) is 5.82 Å². The van der Waals surface area contributed by atoms with Crippen LogP contribution >= 0.6 is 11.6 Å². The van der Waals surface area contributed by atoms with Gasteiger partial charge in [0.2, 0.25) is 0 Å². The lowest BCUT2D eigenvalue weighted by molar-refractivity contribution is -0.137. The monoisotopic (exact) mass is 441 g/mol. The minimum Gasteiger partial charge on any atom is -0.457 e.